The zero-order chi connectivity index (χ0) is 18.1. The largest absolute Gasteiger partial charge is 0.497 e. The topological polar surface area (TPSA) is 54.0 Å². The van der Waals surface area contributed by atoms with Gasteiger partial charge in [-0.15, -0.1) is 0 Å². The van der Waals surface area contributed by atoms with Crippen molar-refractivity contribution in [2.75, 3.05) is 53.0 Å². The fourth-order valence-corrected chi connectivity index (χ4v) is 4.54. The van der Waals surface area contributed by atoms with Crippen molar-refractivity contribution >= 4 is 5.91 Å². The molecule has 0 unspecified atom stereocenters. The van der Waals surface area contributed by atoms with Crippen LogP contribution in [0.2, 0.25) is 0 Å². The van der Waals surface area contributed by atoms with Gasteiger partial charge in [0, 0.05) is 38.8 Å². The lowest BCUT2D eigenvalue weighted by molar-refractivity contribution is -0.152. The first-order valence-corrected chi connectivity index (χ1v) is 9.58. The Labute approximate surface area is 155 Å². The number of piperazine rings is 1. The number of hydrogen-bond acceptors (Lipinski definition) is 5. The highest BCUT2D eigenvalue weighted by Crippen LogP contribution is 2.32. The van der Waals surface area contributed by atoms with Crippen molar-refractivity contribution in [1.82, 2.24) is 15.1 Å². The van der Waals surface area contributed by atoms with Gasteiger partial charge in [-0.2, -0.15) is 0 Å². The summed E-state index contributed by atoms with van der Waals surface area (Å²) < 4.78 is 11.1. The molecule has 1 amide bonds. The number of carbonyl (C=O) groups excluding carboxylic acids is 1. The smallest absolute Gasteiger partial charge is 0.231 e. The van der Waals surface area contributed by atoms with Crippen LogP contribution in [0.1, 0.15) is 12.5 Å². The van der Waals surface area contributed by atoms with Crippen molar-refractivity contribution in [2.45, 2.75) is 25.4 Å². The summed E-state index contributed by atoms with van der Waals surface area (Å²) in [4.78, 5) is 18.0. The third-order valence-corrected chi connectivity index (χ3v) is 6.11. The number of fused-ring (bicyclic) bond motifs is 1. The Bertz CT molecular complexity index is 661. The minimum atomic E-state index is -0.324. The normalized spacial score (nSPS) is 28.2. The van der Waals surface area contributed by atoms with Gasteiger partial charge in [-0.05, 0) is 31.0 Å². The summed E-state index contributed by atoms with van der Waals surface area (Å²) >= 11 is 0. The van der Waals surface area contributed by atoms with Crippen molar-refractivity contribution < 1.29 is 14.3 Å². The fraction of sp³-hybridized carbons (Fsp3) is 0.650. The van der Waals surface area contributed by atoms with Gasteiger partial charge in [-0.3, -0.25) is 9.69 Å². The van der Waals surface area contributed by atoms with Crippen molar-refractivity contribution in [3.8, 4) is 5.75 Å². The summed E-state index contributed by atoms with van der Waals surface area (Å²) in [6.07, 6.45) is 0.758. The highest BCUT2D eigenvalue weighted by atomic mass is 16.5. The fourth-order valence-electron chi connectivity index (χ4n) is 4.54. The van der Waals surface area contributed by atoms with E-state index in [9.17, 15) is 4.79 Å². The van der Waals surface area contributed by atoms with E-state index in [1.54, 1.807) is 7.11 Å². The molecule has 0 spiro atoms. The Morgan fingerprint density at radius 2 is 2.19 bits per heavy atom. The number of ether oxygens (including phenoxy) is 2. The maximum atomic E-state index is 13.4. The molecular weight excluding hydrogens is 330 g/mol. The molecule has 3 saturated heterocycles. The van der Waals surface area contributed by atoms with Crippen LogP contribution < -0.4 is 10.1 Å². The Morgan fingerprint density at radius 3 is 2.92 bits per heavy atom. The lowest BCUT2D eigenvalue weighted by Crippen LogP contribution is -2.68. The van der Waals surface area contributed by atoms with Crippen molar-refractivity contribution in [3.63, 3.8) is 0 Å². The Kier molecular flexibility index (Phi) is 4.90. The Morgan fingerprint density at radius 1 is 1.35 bits per heavy atom. The minimum Gasteiger partial charge on any atom is -0.497 e. The molecule has 2 atom stereocenters. The predicted molar refractivity (Wildman–Crippen MR) is 99.4 cm³/mol. The molecule has 3 aliphatic rings. The number of methoxy groups -OCH3 is 1. The second-order valence-corrected chi connectivity index (χ2v) is 7.94. The van der Waals surface area contributed by atoms with Crippen molar-refractivity contribution in [1.29, 1.82) is 0 Å². The molecule has 1 N–H and O–H groups in total. The highest BCUT2D eigenvalue weighted by molar-refractivity contribution is 5.85. The molecule has 3 aliphatic heterocycles. The van der Waals surface area contributed by atoms with Gasteiger partial charge in [-0.1, -0.05) is 12.1 Å². The average Bonchev–Trinajstić information content (AvgIpc) is 2.64. The second-order valence-electron chi connectivity index (χ2n) is 7.94. The summed E-state index contributed by atoms with van der Waals surface area (Å²) in [5.41, 5.74) is 0.836. The quantitative estimate of drug-likeness (QED) is 0.860. The average molecular weight is 359 g/mol. The maximum Gasteiger partial charge on any atom is 0.231 e. The summed E-state index contributed by atoms with van der Waals surface area (Å²) in [5.74, 6) is 1.14. The Hall–Kier alpha value is -1.63. The van der Waals surface area contributed by atoms with Crippen LogP contribution in [0.5, 0.6) is 5.75 Å². The number of benzene rings is 1. The first-order valence-electron chi connectivity index (χ1n) is 9.58. The Balaban J connectivity index is 1.47. The number of rotatable bonds is 4. The maximum absolute atomic E-state index is 13.4. The lowest BCUT2D eigenvalue weighted by Gasteiger charge is -2.50. The molecule has 3 heterocycles. The molecule has 1 aromatic rings. The van der Waals surface area contributed by atoms with E-state index in [0.717, 1.165) is 63.7 Å². The van der Waals surface area contributed by atoms with Crippen LogP contribution in [0.15, 0.2) is 24.3 Å². The molecule has 0 saturated carbocycles. The molecule has 4 rings (SSSR count). The van der Waals surface area contributed by atoms with E-state index in [1.807, 2.05) is 18.2 Å². The number of carbonyl (C=O) groups is 1. The van der Waals surface area contributed by atoms with Crippen LogP contribution in [0.3, 0.4) is 0 Å². The zero-order valence-corrected chi connectivity index (χ0v) is 15.7. The molecular formula is C20H29N3O3. The van der Waals surface area contributed by atoms with Gasteiger partial charge in [0.25, 0.3) is 0 Å². The van der Waals surface area contributed by atoms with Crippen LogP contribution in [0.4, 0.5) is 0 Å². The summed E-state index contributed by atoms with van der Waals surface area (Å²) in [5, 5.41) is 3.32. The van der Waals surface area contributed by atoms with E-state index < -0.39 is 0 Å². The second kappa shape index (κ2) is 7.18. The number of morpholine rings is 1. The summed E-state index contributed by atoms with van der Waals surface area (Å²) in [6, 6.07) is 8.85. The number of nitrogens with zero attached hydrogens (tertiary/aromatic N) is 2. The molecule has 0 aliphatic carbocycles. The van der Waals surface area contributed by atoms with E-state index in [0.29, 0.717) is 12.1 Å². The van der Waals surface area contributed by atoms with E-state index in [1.165, 1.54) is 0 Å². The first-order chi connectivity index (χ1) is 12.6. The van der Waals surface area contributed by atoms with Crippen LogP contribution in [-0.2, 0) is 16.0 Å². The van der Waals surface area contributed by atoms with Gasteiger partial charge in [0.2, 0.25) is 5.91 Å². The van der Waals surface area contributed by atoms with Gasteiger partial charge >= 0.3 is 0 Å². The van der Waals surface area contributed by atoms with E-state index in [-0.39, 0.29) is 11.3 Å². The van der Waals surface area contributed by atoms with Gasteiger partial charge in [-0.25, -0.2) is 0 Å². The van der Waals surface area contributed by atoms with E-state index in [2.05, 4.69) is 28.1 Å². The van der Waals surface area contributed by atoms with Crippen LogP contribution in [-0.4, -0.2) is 80.8 Å². The summed E-state index contributed by atoms with van der Waals surface area (Å²) in [6.45, 7) is 7.79. The SMILES string of the molecule is COc1cccc(CC2(C(=O)N3CCN4[C@@H](COC[C@@H]4C)C3)CNC2)c1. The number of nitrogens with one attached hydrogen (secondary N) is 1. The molecule has 142 valence electrons. The number of amides is 1. The van der Waals surface area contributed by atoms with Crippen LogP contribution >= 0.6 is 0 Å². The molecule has 26 heavy (non-hydrogen) atoms. The van der Waals surface area contributed by atoms with Crippen LogP contribution in [0.25, 0.3) is 0 Å². The molecule has 6 nitrogen and oxygen atoms in total. The van der Waals surface area contributed by atoms with Crippen molar-refractivity contribution in [3.05, 3.63) is 29.8 Å². The van der Waals surface area contributed by atoms with Gasteiger partial charge < -0.3 is 19.7 Å². The standard InChI is InChI=1S/C20H29N3O3/c1-15-11-26-12-17-10-22(6-7-23(15)17)19(24)20(13-21-14-20)9-16-4-3-5-18(8-16)25-2/h3-5,8,15,17,21H,6-7,9-14H2,1-2H3/t15-,17+/m0/s1. The van der Waals surface area contributed by atoms with Gasteiger partial charge in [0.15, 0.2) is 0 Å². The van der Waals surface area contributed by atoms with E-state index >= 15 is 0 Å². The van der Waals surface area contributed by atoms with E-state index in [4.69, 9.17) is 9.47 Å². The summed E-state index contributed by atoms with van der Waals surface area (Å²) in [7, 11) is 1.68. The van der Waals surface area contributed by atoms with Gasteiger partial charge in [0.1, 0.15) is 5.75 Å². The molecule has 0 bridgehead atoms. The molecule has 0 radical (unpaired) electrons. The molecule has 1 aromatic carbocycles. The minimum absolute atomic E-state index is 0.289. The first kappa shape index (κ1) is 17.8. The van der Waals surface area contributed by atoms with Crippen molar-refractivity contribution in [2.24, 2.45) is 5.41 Å². The lowest BCUT2D eigenvalue weighted by atomic mass is 9.74. The highest BCUT2D eigenvalue weighted by Gasteiger charge is 2.48. The third-order valence-electron chi connectivity index (χ3n) is 6.11. The van der Waals surface area contributed by atoms with Crippen LogP contribution in [0, 0.1) is 5.41 Å². The molecule has 0 aromatic heterocycles. The number of hydrogen-bond donors (Lipinski definition) is 1. The zero-order valence-electron chi connectivity index (χ0n) is 15.7. The molecule has 6 heteroatoms. The monoisotopic (exact) mass is 359 g/mol. The predicted octanol–water partition coefficient (Wildman–Crippen LogP) is 0.759. The van der Waals surface area contributed by atoms with Gasteiger partial charge in [0.05, 0.1) is 31.8 Å². The third kappa shape index (κ3) is 3.21. The molecule has 3 fully saturated rings.